The molecule has 1 unspecified atom stereocenters. The Bertz CT molecular complexity index is 997. The summed E-state index contributed by atoms with van der Waals surface area (Å²) >= 11 is 6.61. The number of carbonyl (C=O) groups is 2. The second-order valence-corrected chi connectivity index (χ2v) is 9.47. The number of thiazole rings is 1. The van der Waals surface area contributed by atoms with Gasteiger partial charge >= 0.3 is 0 Å². The summed E-state index contributed by atoms with van der Waals surface area (Å²) in [5, 5.41) is 10.5. The average molecular weight is 435 g/mol. The lowest BCUT2D eigenvalue weighted by Crippen LogP contribution is -2.47. The van der Waals surface area contributed by atoms with Crippen molar-refractivity contribution in [2.45, 2.75) is 53.1 Å². The minimum atomic E-state index is -0.519. The normalized spacial score (nSPS) is 16.8. The summed E-state index contributed by atoms with van der Waals surface area (Å²) in [7, 11) is 0. The van der Waals surface area contributed by atoms with E-state index in [-0.39, 0.29) is 11.8 Å². The first kappa shape index (κ1) is 21.4. The number of nitrogens with one attached hydrogen (secondary N) is 2. The Labute approximate surface area is 179 Å². The molecule has 156 valence electrons. The maximum Gasteiger partial charge on any atom is 0.248 e. The highest BCUT2D eigenvalue weighted by Crippen LogP contribution is 2.32. The minimum absolute atomic E-state index is 0.00822. The van der Waals surface area contributed by atoms with Crippen LogP contribution in [-0.2, 0) is 16.1 Å². The number of amides is 2. The molecule has 1 atom stereocenters. The van der Waals surface area contributed by atoms with Crippen LogP contribution in [0.15, 0.2) is 12.7 Å². The third kappa shape index (κ3) is 4.32. The summed E-state index contributed by atoms with van der Waals surface area (Å²) in [6.07, 6.45) is 3.22. The van der Waals surface area contributed by atoms with Gasteiger partial charge in [0.1, 0.15) is 6.04 Å². The van der Waals surface area contributed by atoms with Gasteiger partial charge in [-0.3, -0.25) is 19.3 Å². The average Bonchev–Trinajstić information content (AvgIpc) is 3.34. The van der Waals surface area contributed by atoms with Gasteiger partial charge in [-0.1, -0.05) is 38.2 Å². The number of H-pyrrole nitrogens is 1. The van der Waals surface area contributed by atoms with Crippen LogP contribution >= 0.6 is 23.6 Å². The molecule has 1 aliphatic heterocycles. The standard InChI is InChI=1S/C19H26N6O2S2/c1-6-9-25-14(22-23-18(25)28)13-11(2)20-17(29-13)21-15(26)12-8-7-10-24(12)16(27)19(3,4)5/h6,12H,1,7-10H2,2-5H3,(H,23,28)(H,20,21,26). The van der Waals surface area contributed by atoms with Crippen molar-refractivity contribution in [3.05, 3.63) is 23.1 Å². The van der Waals surface area contributed by atoms with Crippen molar-refractivity contribution in [2.75, 3.05) is 11.9 Å². The first-order valence-corrected chi connectivity index (χ1v) is 10.7. The second kappa shape index (κ2) is 8.19. The SMILES string of the molecule is C=CCn1c(-c2sc(NC(=O)C3CCCN3C(=O)C(C)(C)C)nc2C)n[nH]c1=S. The van der Waals surface area contributed by atoms with Gasteiger partial charge in [0, 0.05) is 18.5 Å². The molecule has 2 aromatic heterocycles. The number of rotatable bonds is 5. The zero-order valence-corrected chi connectivity index (χ0v) is 18.7. The van der Waals surface area contributed by atoms with E-state index in [1.807, 2.05) is 32.3 Å². The third-order valence-corrected chi connectivity index (χ3v) is 6.14. The van der Waals surface area contributed by atoms with E-state index in [4.69, 9.17) is 12.2 Å². The van der Waals surface area contributed by atoms with Crippen LogP contribution in [-0.4, -0.2) is 49.0 Å². The van der Waals surface area contributed by atoms with Crippen LogP contribution in [0.25, 0.3) is 10.7 Å². The molecule has 2 aromatic rings. The van der Waals surface area contributed by atoms with Gasteiger partial charge in [-0.05, 0) is 32.0 Å². The van der Waals surface area contributed by atoms with E-state index >= 15 is 0 Å². The highest BCUT2D eigenvalue weighted by atomic mass is 32.1. The van der Waals surface area contributed by atoms with Gasteiger partial charge in [0.05, 0.1) is 10.6 Å². The Hall–Kier alpha value is -2.33. The Morgan fingerprint density at radius 1 is 1.45 bits per heavy atom. The number of likely N-dealkylation sites (tertiary alicyclic amines) is 1. The summed E-state index contributed by atoms with van der Waals surface area (Å²) in [6, 6.07) is -0.468. The predicted octanol–water partition coefficient (Wildman–Crippen LogP) is 3.53. The monoisotopic (exact) mass is 434 g/mol. The number of nitrogens with zero attached hydrogens (tertiary/aromatic N) is 4. The lowest BCUT2D eigenvalue weighted by atomic mass is 9.94. The fraction of sp³-hybridized carbons (Fsp3) is 0.526. The molecule has 1 fully saturated rings. The van der Waals surface area contributed by atoms with E-state index < -0.39 is 11.5 Å². The molecule has 8 nitrogen and oxygen atoms in total. The highest BCUT2D eigenvalue weighted by molar-refractivity contribution is 7.71. The molecular weight excluding hydrogens is 408 g/mol. The maximum absolute atomic E-state index is 12.9. The molecule has 2 N–H and O–H groups in total. The van der Waals surface area contributed by atoms with Gasteiger partial charge in [0.25, 0.3) is 0 Å². The van der Waals surface area contributed by atoms with Gasteiger partial charge in [-0.25, -0.2) is 4.98 Å². The van der Waals surface area contributed by atoms with E-state index in [0.717, 1.165) is 17.0 Å². The Morgan fingerprint density at radius 2 is 2.17 bits per heavy atom. The van der Waals surface area contributed by atoms with Gasteiger partial charge in [0.15, 0.2) is 15.7 Å². The van der Waals surface area contributed by atoms with Crippen LogP contribution in [0.4, 0.5) is 5.13 Å². The van der Waals surface area contributed by atoms with Gasteiger partial charge < -0.3 is 10.2 Å². The van der Waals surface area contributed by atoms with E-state index in [9.17, 15) is 9.59 Å². The Morgan fingerprint density at radius 3 is 2.83 bits per heavy atom. The second-order valence-electron chi connectivity index (χ2n) is 8.08. The van der Waals surface area contributed by atoms with Crippen molar-refractivity contribution in [3.63, 3.8) is 0 Å². The first-order chi connectivity index (χ1) is 13.6. The van der Waals surface area contributed by atoms with E-state index in [1.54, 1.807) is 11.0 Å². The molecule has 29 heavy (non-hydrogen) atoms. The summed E-state index contributed by atoms with van der Waals surface area (Å²) in [5.74, 6) is 0.451. The number of carbonyl (C=O) groups excluding carboxylic acids is 2. The minimum Gasteiger partial charge on any atom is -0.330 e. The topological polar surface area (TPSA) is 95.9 Å². The lowest BCUT2D eigenvalue weighted by molar-refractivity contribution is -0.143. The van der Waals surface area contributed by atoms with Crippen LogP contribution in [0.1, 0.15) is 39.3 Å². The van der Waals surface area contributed by atoms with Crippen LogP contribution in [0.5, 0.6) is 0 Å². The molecule has 0 aliphatic carbocycles. The summed E-state index contributed by atoms with van der Waals surface area (Å²) in [4.78, 5) is 32.6. The summed E-state index contributed by atoms with van der Waals surface area (Å²) in [6.45, 7) is 12.4. The van der Waals surface area contributed by atoms with E-state index in [2.05, 4.69) is 27.1 Å². The number of aromatic amines is 1. The molecule has 3 rings (SSSR count). The third-order valence-electron chi connectivity index (χ3n) is 4.76. The fourth-order valence-corrected chi connectivity index (χ4v) is 4.52. The van der Waals surface area contributed by atoms with E-state index in [0.29, 0.717) is 35.2 Å². The molecule has 0 aromatic carbocycles. The number of aromatic nitrogens is 4. The lowest BCUT2D eigenvalue weighted by Gasteiger charge is -2.30. The van der Waals surface area contributed by atoms with Crippen LogP contribution in [0.3, 0.4) is 0 Å². The Balaban J connectivity index is 1.81. The highest BCUT2D eigenvalue weighted by Gasteiger charge is 2.38. The molecule has 0 radical (unpaired) electrons. The summed E-state index contributed by atoms with van der Waals surface area (Å²) in [5.41, 5.74) is 0.229. The van der Waals surface area contributed by atoms with Crippen molar-refractivity contribution < 1.29 is 9.59 Å². The number of hydrogen-bond donors (Lipinski definition) is 2. The predicted molar refractivity (Wildman–Crippen MR) is 116 cm³/mol. The maximum atomic E-state index is 12.9. The molecule has 1 saturated heterocycles. The smallest absolute Gasteiger partial charge is 0.248 e. The molecule has 2 amide bonds. The number of hydrogen-bond acceptors (Lipinski definition) is 6. The van der Waals surface area contributed by atoms with Gasteiger partial charge in [-0.15, -0.1) is 6.58 Å². The number of aryl methyl sites for hydroxylation is 1. The zero-order chi connectivity index (χ0) is 21.3. The van der Waals surface area contributed by atoms with Crippen molar-refractivity contribution in [1.29, 1.82) is 0 Å². The molecule has 0 saturated carbocycles. The van der Waals surface area contributed by atoms with E-state index in [1.165, 1.54) is 11.3 Å². The largest absolute Gasteiger partial charge is 0.330 e. The molecule has 10 heteroatoms. The summed E-state index contributed by atoms with van der Waals surface area (Å²) < 4.78 is 2.33. The van der Waals surface area contributed by atoms with Crippen LogP contribution in [0, 0.1) is 17.1 Å². The van der Waals surface area contributed by atoms with Crippen molar-refractivity contribution in [1.82, 2.24) is 24.6 Å². The zero-order valence-electron chi connectivity index (χ0n) is 17.1. The first-order valence-electron chi connectivity index (χ1n) is 9.49. The quantitative estimate of drug-likeness (QED) is 0.554. The van der Waals surface area contributed by atoms with Crippen LogP contribution < -0.4 is 5.32 Å². The van der Waals surface area contributed by atoms with Gasteiger partial charge in [-0.2, -0.15) is 5.10 Å². The van der Waals surface area contributed by atoms with Crippen molar-refractivity contribution >= 4 is 40.5 Å². The number of allylic oxidation sites excluding steroid dienone is 1. The van der Waals surface area contributed by atoms with Crippen LogP contribution in [0.2, 0.25) is 0 Å². The van der Waals surface area contributed by atoms with Gasteiger partial charge in [0.2, 0.25) is 11.8 Å². The fourth-order valence-electron chi connectivity index (χ4n) is 3.35. The van der Waals surface area contributed by atoms with Crippen molar-refractivity contribution in [3.8, 4) is 10.7 Å². The molecule has 3 heterocycles. The Kier molecular flexibility index (Phi) is 6.04. The molecule has 0 bridgehead atoms. The molecular formula is C19H26N6O2S2. The van der Waals surface area contributed by atoms with Crippen molar-refractivity contribution in [2.24, 2.45) is 5.41 Å². The number of anilines is 1. The molecule has 0 spiro atoms. The molecule has 1 aliphatic rings.